The van der Waals surface area contributed by atoms with Crippen LogP contribution in [0.15, 0.2) is 17.1 Å². The van der Waals surface area contributed by atoms with Gasteiger partial charge < -0.3 is 13.1 Å². The lowest BCUT2D eigenvalue weighted by Gasteiger charge is -2.15. The summed E-state index contributed by atoms with van der Waals surface area (Å²) in [6, 6.07) is 2.90. The van der Waals surface area contributed by atoms with E-state index in [2.05, 4.69) is 13.4 Å². The summed E-state index contributed by atoms with van der Waals surface area (Å²) in [7, 11) is -10.1. The molecule has 15 heteroatoms. The van der Waals surface area contributed by atoms with Crippen LogP contribution < -0.4 is 8.37 Å². The second-order valence-corrected chi connectivity index (χ2v) is 11.0. The highest BCUT2D eigenvalue weighted by atomic mass is 32.3. The molecule has 0 spiro atoms. The quantitative estimate of drug-likeness (QED) is 0.231. The van der Waals surface area contributed by atoms with E-state index in [4.69, 9.17) is 4.74 Å². The second-order valence-electron chi connectivity index (χ2n) is 6.50. The Morgan fingerprint density at radius 3 is 2.16 bits per heavy atom. The molecule has 1 aliphatic rings. The van der Waals surface area contributed by atoms with E-state index in [1.54, 1.807) is 0 Å². The van der Waals surface area contributed by atoms with Crippen LogP contribution in [0.4, 0.5) is 5.69 Å². The van der Waals surface area contributed by atoms with Crippen LogP contribution in [0.2, 0.25) is 0 Å². The molecule has 1 aromatic rings. The summed E-state index contributed by atoms with van der Waals surface area (Å²) in [5, 5.41) is 0. The fourth-order valence-corrected chi connectivity index (χ4v) is 5.65. The minimum atomic E-state index is -5.05. The van der Waals surface area contributed by atoms with Crippen LogP contribution in [0.5, 0.6) is 11.5 Å². The number of aryl methyl sites for hydroxylation is 1. The van der Waals surface area contributed by atoms with Gasteiger partial charge >= 0.3 is 26.8 Å². The van der Waals surface area contributed by atoms with E-state index in [0.717, 1.165) is 17.9 Å². The number of ether oxygens (including phenoxy) is 1. The minimum Gasteiger partial charge on any atom is -0.466 e. The molecule has 0 atom stereocenters. The van der Waals surface area contributed by atoms with Gasteiger partial charge in [0, 0.05) is 24.0 Å². The highest BCUT2D eigenvalue weighted by Gasteiger charge is 2.25. The molecule has 1 saturated heterocycles. The smallest absolute Gasteiger partial charge is 0.446 e. The average molecular weight is 530 g/mol. The fourth-order valence-electron chi connectivity index (χ4n) is 2.71. The van der Waals surface area contributed by atoms with Crippen molar-refractivity contribution in [3.8, 4) is 11.5 Å². The topological polar surface area (TPSA) is 166 Å². The number of hydrogen-bond acceptors (Lipinski definition) is 11. The first-order chi connectivity index (χ1) is 14.9. The number of hydrogen-bond donors (Lipinski definition) is 2. The molecule has 0 amide bonds. The maximum absolute atomic E-state index is 11.4. The lowest BCUT2D eigenvalue weighted by molar-refractivity contribution is -0.141. The fraction of sp³-hybridized carbons (Fsp3) is 0.529. The maximum atomic E-state index is 11.4. The number of carbonyl (C=O) groups is 1. The van der Waals surface area contributed by atoms with Gasteiger partial charge in [-0.1, -0.05) is 42.4 Å². The van der Waals surface area contributed by atoms with E-state index in [0.29, 0.717) is 30.2 Å². The molecule has 2 N–H and O–H groups in total. The van der Waals surface area contributed by atoms with Gasteiger partial charge in [0.15, 0.2) is 5.75 Å². The number of aliphatic imine (C=N–C) groups is 1. The molecule has 0 bridgehead atoms. The molecule has 0 aromatic heterocycles. The highest BCUT2D eigenvalue weighted by molar-refractivity contribution is 8.41. The van der Waals surface area contributed by atoms with Gasteiger partial charge in [0.1, 0.15) is 10.1 Å². The molecule has 32 heavy (non-hydrogen) atoms. The third-order valence-electron chi connectivity index (χ3n) is 3.94. The second kappa shape index (κ2) is 12.1. The lowest BCUT2D eigenvalue weighted by atomic mass is 10.0. The normalized spacial score (nSPS) is 14.3. The van der Waals surface area contributed by atoms with Crippen molar-refractivity contribution < 1.29 is 43.8 Å². The van der Waals surface area contributed by atoms with Crippen LogP contribution in [-0.2, 0) is 36.8 Å². The van der Waals surface area contributed by atoms with Gasteiger partial charge in [-0.25, -0.2) is 4.99 Å². The number of unbranched alkanes of at least 4 members (excludes halogenated alkanes) is 3. The Kier molecular flexibility index (Phi) is 10.1. The van der Waals surface area contributed by atoms with Crippen LogP contribution in [0, 0.1) is 0 Å². The third kappa shape index (κ3) is 9.95. The Bertz CT molecular complexity index is 1050. The van der Waals surface area contributed by atoms with E-state index in [-0.39, 0.29) is 23.6 Å². The Hall–Kier alpha value is -1.52. The van der Waals surface area contributed by atoms with E-state index in [1.165, 1.54) is 42.6 Å². The van der Waals surface area contributed by atoms with Gasteiger partial charge in [-0.15, -0.1) is 0 Å². The standard InChI is InChI=1S/C17H23NO10S4/c1-12(19)26-9-5-3-2-4-6-13-7-8-14(18-17-29-10-11-30-17)16(28-32(23,24)25)15(13)27-31(20,21)22/h7-8H,2-6,9-11H2,1H3,(H,20,21,22)(H,23,24,25). The van der Waals surface area contributed by atoms with Crippen molar-refractivity contribution in [2.45, 2.75) is 39.0 Å². The number of rotatable bonds is 12. The molecule has 0 aliphatic carbocycles. The monoisotopic (exact) mass is 529 g/mol. The number of carbonyl (C=O) groups excluding carboxylic acids is 1. The van der Waals surface area contributed by atoms with E-state index in [1.807, 2.05) is 0 Å². The first-order valence-corrected chi connectivity index (χ1v) is 14.1. The molecule has 1 aliphatic heterocycles. The van der Waals surface area contributed by atoms with Gasteiger partial charge in [-0.2, -0.15) is 16.8 Å². The van der Waals surface area contributed by atoms with E-state index < -0.39 is 32.3 Å². The summed E-state index contributed by atoms with van der Waals surface area (Å²) in [5.41, 5.74) is 0.153. The predicted octanol–water partition coefficient (Wildman–Crippen LogP) is 3.18. The molecule has 2 rings (SSSR count). The van der Waals surface area contributed by atoms with Crippen LogP contribution in [0.25, 0.3) is 0 Å². The van der Waals surface area contributed by atoms with Gasteiger partial charge in [0.25, 0.3) is 0 Å². The summed E-state index contributed by atoms with van der Waals surface area (Å²) in [6.45, 7) is 1.62. The minimum absolute atomic E-state index is 0.0803. The molecular formula is C17H23NO10S4. The Morgan fingerprint density at radius 2 is 1.56 bits per heavy atom. The van der Waals surface area contributed by atoms with Crippen molar-refractivity contribution in [3.05, 3.63) is 17.7 Å². The summed E-state index contributed by atoms with van der Waals surface area (Å²) in [5.74, 6) is 0.0171. The molecule has 180 valence electrons. The van der Waals surface area contributed by atoms with Gasteiger partial charge in [-0.05, 0) is 25.3 Å². The number of benzene rings is 1. The summed E-state index contributed by atoms with van der Waals surface area (Å²) in [6.07, 6.45) is 2.87. The number of thioether (sulfide) groups is 2. The molecule has 1 heterocycles. The van der Waals surface area contributed by atoms with Crippen LogP contribution in [0.3, 0.4) is 0 Å². The van der Waals surface area contributed by atoms with Crippen molar-refractivity contribution >= 4 is 60.4 Å². The lowest BCUT2D eigenvalue weighted by Crippen LogP contribution is -2.13. The molecule has 1 fully saturated rings. The molecule has 0 radical (unpaired) electrons. The summed E-state index contributed by atoms with van der Waals surface area (Å²) >= 11 is 2.84. The first kappa shape index (κ1) is 26.7. The van der Waals surface area contributed by atoms with E-state index >= 15 is 0 Å². The Labute approximate surface area is 195 Å². The maximum Gasteiger partial charge on any atom is 0.446 e. The molecule has 11 nitrogen and oxygen atoms in total. The molecule has 1 aromatic carbocycles. The van der Waals surface area contributed by atoms with Crippen molar-refractivity contribution in [1.29, 1.82) is 0 Å². The number of esters is 1. The highest BCUT2D eigenvalue weighted by Crippen LogP contribution is 2.44. The van der Waals surface area contributed by atoms with Gasteiger partial charge in [0.05, 0.1) is 6.61 Å². The zero-order valence-electron chi connectivity index (χ0n) is 17.1. The summed E-state index contributed by atoms with van der Waals surface area (Å²) in [4.78, 5) is 15.0. The largest absolute Gasteiger partial charge is 0.466 e. The Morgan fingerprint density at radius 1 is 0.969 bits per heavy atom. The van der Waals surface area contributed by atoms with Crippen LogP contribution >= 0.6 is 23.5 Å². The Balaban J connectivity index is 2.28. The van der Waals surface area contributed by atoms with Crippen molar-refractivity contribution in [3.63, 3.8) is 0 Å². The first-order valence-electron chi connectivity index (χ1n) is 9.42. The summed E-state index contributed by atoms with van der Waals surface area (Å²) < 4.78 is 78.7. The number of nitrogens with zero attached hydrogens (tertiary/aromatic N) is 1. The van der Waals surface area contributed by atoms with Crippen molar-refractivity contribution in [1.82, 2.24) is 0 Å². The molecule has 0 unspecified atom stereocenters. The van der Waals surface area contributed by atoms with Gasteiger partial charge in [-0.3, -0.25) is 13.9 Å². The third-order valence-corrected chi connectivity index (χ3v) is 7.16. The SMILES string of the molecule is CC(=O)OCCCCCCc1ccc(N=C2SCCS2)c(OS(=O)(=O)O)c1OS(=O)(=O)O. The van der Waals surface area contributed by atoms with Crippen molar-refractivity contribution in [2.75, 3.05) is 18.1 Å². The van der Waals surface area contributed by atoms with Gasteiger partial charge in [0.2, 0.25) is 5.75 Å². The zero-order chi connectivity index (χ0) is 23.8. The van der Waals surface area contributed by atoms with E-state index in [9.17, 15) is 30.7 Å². The van der Waals surface area contributed by atoms with Crippen LogP contribution in [0.1, 0.15) is 38.2 Å². The average Bonchev–Trinajstić information content (AvgIpc) is 3.15. The van der Waals surface area contributed by atoms with Crippen LogP contribution in [-0.4, -0.2) is 54.4 Å². The van der Waals surface area contributed by atoms with Crippen molar-refractivity contribution in [2.24, 2.45) is 4.99 Å². The molecule has 0 saturated carbocycles. The zero-order valence-corrected chi connectivity index (χ0v) is 20.3. The predicted molar refractivity (Wildman–Crippen MR) is 122 cm³/mol. The molecular weight excluding hydrogens is 506 g/mol.